The van der Waals surface area contributed by atoms with Crippen LogP contribution in [0, 0.1) is 0 Å². The third-order valence-corrected chi connectivity index (χ3v) is 10.1. The summed E-state index contributed by atoms with van der Waals surface area (Å²) in [4.78, 5) is 15.0. The fourth-order valence-corrected chi connectivity index (χ4v) is 7.52. The van der Waals surface area contributed by atoms with E-state index in [1.807, 2.05) is 36.5 Å². The highest BCUT2D eigenvalue weighted by Crippen LogP contribution is 2.41. The van der Waals surface area contributed by atoms with Crippen molar-refractivity contribution in [2.24, 2.45) is 0 Å². The zero-order valence-corrected chi connectivity index (χ0v) is 28.2. The number of nitrogens with zero attached hydrogens (tertiary/aromatic N) is 3. The zero-order valence-electron chi connectivity index (χ0n) is 28.2. The second-order valence-corrected chi connectivity index (χ2v) is 13.3. The van der Waals surface area contributed by atoms with E-state index in [-0.39, 0.29) is 0 Å². The molecule has 3 heteroatoms. The molecule has 52 heavy (non-hydrogen) atoms. The minimum Gasteiger partial charge on any atom is -0.256 e. The Kier molecular flexibility index (Phi) is 7.14. The van der Waals surface area contributed by atoms with E-state index in [0.717, 1.165) is 56.0 Å². The largest absolute Gasteiger partial charge is 0.256 e. The number of benzene rings is 8. The van der Waals surface area contributed by atoms with E-state index in [2.05, 4.69) is 157 Å². The summed E-state index contributed by atoms with van der Waals surface area (Å²) in [5.74, 6) is 0.686. The van der Waals surface area contributed by atoms with Gasteiger partial charge >= 0.3 is 0 Å². The van der Waals surface area contributed by atoms with Crippen LogP contribution in [0.3, 0.4) is 0 Å². The molecule has 0 amide bonds. The third-order valence-electron chi connectivity index (χ3n) is 10.1. The van der Waals surface area contributed by atoms with E-state index in [1.165, 1.54) is 37.9 Å². The van der Waals surface area contributed by atoms with Crippen LogP contribution in [0.1, 0.15) is 0 Å². The third kappa shape index (κ3) is 5.28. The van der Waals surface area contributed by atoms with Crippen LogP contribution in [0.4, 0.5) is 0 Å². The second kappa shape index (κ2) is 12.4. The number of aromatic nitrogens is 3. The molecule has 0 bridgehead atoms. The van der Waals surface area contributed by atoms with Crippen molar-refractivity contribution < 1.29 is 0 Å². The maximum atomic E-state index is 5.23. The molecular weight excluding hydrogens is 631 g/mol. The molecule has 0 saturated carbocycles. The van der Waals surface area contributed by atoms with Crippen molar-refractivity contribution >= 4 is 32.3 Å². The van der Waals surface area contributed by atoms with Gasteiger partial charge in [0.05, 0.1) is 17.1 Å². The first kappa shape index (κ1) is 29.9. The van der Waals surface area contributed by atoms with Crippen molar-refractivity contribution in [3.05, 3.63) is 188 Å². The summed E-state index contributed by atoms with van der Waals surface area (Å²) in [5.41, 5.74) is 11.4. The molecular formula is C49H31N3. The molecule has 0 radical (unpaired) electrons. The number of pyridine rings is 1. The highest BCUT2D eigenvalue weighted by atomic mass is 14.9. The van der Waals surface area contributed by atoms with Gasteiger partial charge in [0.1, 0.15) is 0 Å². The van der Waals surface area contributed by atoms with Crippen LogP contribution < -0.4 is 0 Å². The van der Waals surface area contributed by atoms with Gasteiger partial charge in [0.25, 0.3) is 0 Å². The molecule has 242 valence electrons. The molecule has 0 N–H and O–H groups in total. The average molecular weight is 662 g/mol. The van der Waals surface area contributed by atoms with Gasteiger partial charge in [0, 0.05) is 28.5 Å². The molecule has 0 aliphatic heterocycles. The topological polar surface area (TPSA) is 38.7 Å². The van der Waals surface area contributed by atoms with Crippen LogP contribution >= 0.6 is 0 Å². The van der Waals surface area contributed by atoms with Gasteiger partial charge in [-0.15, -0.1) is 0 Å². The SMILES string of the molecule is c1ccc(-c2cc(-c3ccccc3)nc(-c3cc(-c4ccc(-c5ccccn5)cc4)cc(-c4ccc5ccc6cccc7ccc4c5c67)c3)n2)cc1. The summed E-state index contributed by atoms with van der Waals surface area (Å²) in [5, 5.41) is 7.61. The van der Waals surface area contributed by atoms with Gasteiger partial charge in [-0.05, 0) is 91.0 Å². The highest BCUT2D eigenvalue weighted by Gasteiger charge is 2.17. The van der Waals surface area contributed by atoms with E-state index >= 15 is 0 Å². The Labute approximate surface area is 301 Å². The molecule has 3 nitrogen and oxygen atoms in total. The lowest BCUT2D eigenvalue weighted by Gasteiger charge is -2.16. The van der Waals surface area contributed by atoms with Crippen molar-refractivity contribution in [2.45, 2.75) is 0 Å². The molecule has 2 heterocycles. The van der Waals surface area contributed by atoms with Gasteiger partial charge in [-0.1, -0.05) is 146 Å². The second-order valence-electron chi connectivity index (χ2n) is 13.3. The van der Waals surface area contributed by atoms with Gasteiger partial charge in [0.2, 0.25) is 0 Å². The Morgan fingerprint density at radius 3 is 1.54 bits per heavy atom. The van der Waals surface area contributed by atoms with E-state index < -0.39 is 0 Å². The summed E-state index contributed by atoms with van der Waals surface area (Å²) >= 11 is 0. The van der Waals surface area contributed by atoms with Crippen LogP contribution in [0.2, 0.25) is 0 Å². The first-order chi connectivity index (χ1) is 25.7. The molecule has 0 atom stereocenters. The van der Waals surface area contributed by atoms with Gasteiger partial charge in [0.15, 0.2) is 5.82 Å². The Balaban J connectivity index is 1.21. The predicted octanol–water partition coefficient (Wildman–Crippen LogP) is 12.8. The number of hydrogen-bond acceptors (Lipinski definition) is 3. The maximum absolute atomic E-state index is 5.23. The lowest BCUT2D eigenvalue weighted by molar-refractivity contribution is 1.18. The van der Waals surface area contributed by atoms with Crippen LogP contribution in [0.25, 0.3) is 99.7 Å². The summed E-state index contributed by atoms with van der Waals surface area (Å²) in [6.07, 6.45) is 1.84. The van der Waals surface area contributed by atoms with Crippen molar-refractivity contribution in [2.75, 3.05) is 0 Å². The molecule has 2 aromatic heterocycles. The first-order valence-electron chi connectivity index (χ1n) is 17.6. The summed E-state index contributed by atoms with van der Waals surface area (Å²) < 4.78 is 0. The Hall–Kier alpha value is -6.97. The maximum Gasteiger partial charge on any atom is 0.160 e. The molecule has 0 unspecified atom stereocenters. The Morgan fingerprint density at radius 1 is 0.308 bits per heavy atom. The van der Waals surface area contributed by atoms with E-state index in [0.29, 0.717) is 5.82 Å². The van der Waals surface area contributed by atoms with Crippen molar-refractivity contribution in [3.63, 3.8) is 0 Å². The van der Waals surface area contributed by atoms with Gasteiger partial charge in [-0.2, -0.15) is 0 Å². The quantitative estimate of drug-likeness (QED) is 0.166. The standard InChI is InChI=1S/C49H31N3/c1-3-10-33(11-4-1)45-31-46(34-12-5-2-6-13-34)52-49(51-45)41-29-39(32-17-19-35(20-18-32)44-16-7-8-27-50-44)28-40(30-41)42-25-23-38-22-21-36-14-9-15-37-24-26-43(42)48(38)47(36)37/h1-31H. The Bertz CT molecular complexity index is 2790. The highest BCUT2D eigenvalue weighted by molar-refractivity contribution is 6.25. The van der Waals surface area contributed by atoms with E-state index in [9.17, 15) is 0 Å². The average Bonchev–Trinajstić information content (AvgIpc) is 3.23. The molecule has 10 aromatic rings. The van der Waals surface area contributed by atoms with Crippen molar-refractivity contribution in [1.29, 1.82) is 0 Å². The summed E-state index contributed by atoms with van der Waals surface area (Å²) in [6, 6.07) is 64.4. The minimum absolute atomic E-state index is 0.686. The molecule has 0 aliphatic rings. The number of hydrogen-bond donors (Lipinski definition) is 0. The van der Waals surface area contributed by atoms with Gasteiger partial charge in [-0.25, -0.2) is 9.97 Å². The molecule has 10 rings (SSSR count). The zero-order chi connectivity index (χ0) is 34.4. The monoisotopic (exact) mass is 661 g/mol. The van der Waals surface area contributed by atoms with Gasteiger partial charge in [-0.3, -0.25) is 4.98 Å². The van der Waals surface area contributed by atoms with Crippen LogP contribution in [-0.4, -0.2) is 15.0 Å². The minimum atomic E-state index is 0.686. The molecule has 0 saturated heterocycles. The van der Waals surface area contributed by atoms with Crippen LogP contribution in [0.5, 0.6) is 0 Å². The van der Waals surface area contributed by atoms with Crippen molar-refractivity contribution in [1.82, 2.24) is 15.0 Å². The molecule has 0 aliphatic carbocycles. The predicted molar refractivity (Wildman–Crippen MR) is 216 cm³/mol. The summed E-state index contributed by atoms with van der Waals surface area (Å²) in [7, 11) is 0. The Morgan fingerprint density at radius 2 is 0.865 bits per heavy atom. The van der Waals surface area contributed by atoms with Crippen molar-refractivity contribution in [3.8, 4) is 67.4 Å². The molecule has 8 aromatic carbocycles. The first-order valence-corrected chi connectivity index (χ1v) is 17.6. The lowest BCUT2D eigenvalue weighted by Crippen LogP contribution is -1.97. The van der Waals surface area contributed by atoms with Crippen LogP contribution in [0.15, 0.2) is 188 Å². The van der Waals surface area contributed by atoms with Crippen LogP contribution in [-0.2, 0) is 0 Å². The number of rotatable bonds is 6. The fourth-order valence-electron chi connectivity index (χ4n) is 7.52. The van der Waals surface area contributed by atoms with E-state index in [1.54, 1.807) is 0 Å². The summed E-state index contributed by atoms with van der Waals surface area (Å²) in [6.45, 7) is 0. The fraction of sp³-hybridized carbons (Fsp3) is 0. The normalized spacial score (nSPS) is 11.5. The smallest absolute Gasteiger partial charge is 0.160 e. The van der Waals surface area contributed by atoms with Gasteiger partial charge < -0.3 is 0 Å². The van der Waals surface area contributed by atoms with E-state index in [4.69, 9.17) is 9.97 Å². The molecule has 0 fully saturated rings. The molecule has 0 spiro atoms. The lowest BCUT2D eigenvalue weighted by atomic mass is 9.88.